The standard InChI is InChI=1S/C17H20O3Si/c1-21(2,3)19-13-14-9-11-16(12-10-14)20-17(18)15-7-5-4-6-8-15/h4-12H,13H2,1-3H3. The van der Waals surface area contributed by atoms with E-state index in [1.54, 1.807) is 24.3 Å². The topological polar surface area (TPSA) is 35.5 Å². The minimum absolute atomic E-state index is 0.346. The van der Waals surface area contributed by atoms with Crippen LogP contribution in [0.15, 0.2) is 54.6 Å². The summed E-state index contributed by atoms with van der Waals surface area (Å²) in [6.07, 6.45) is 0. The first kappa shape index (κ1) is 15.5. The molecule has 0 spiro atoms. The first-order valence-corrected chi connectivity index (χ1v) is 10.3. The molecule has 0 N–H and O–H groups in total. The van der Waals surface area contributed by atoms with Gasteiger partial charge in [-0.05, 0) is 49.5 Å². The summed E-state index contributed by atoms with van der Waals surface area (Å²) in [4.78, 5) is 11.9. The van der Waals surface area contributed by atoms with Crippen LogP contribution < -0.4 is 4.74 Å². The molecule has 0 fully saturated rings. The monoisotopic (exact) mass is 300 g/mol. The van der Waals surface area contributed by atoms with E-state index in [9.17, 15) is 4.79 Å². The molecule has 0 atom stereocenters. The van der Waals surface area contributed by atoms with Crippen LogP contribution in [-0.2, 0) is 11.0 Å². The molecule has 21 heavy (non-hydrogen) atoms. The summed E-state index contributed by atoms with van der Waals surface area (Å²) in [6.45, 7) is 7.07. The Morgan fingerprint density at radius 3 is 2.14 bits per heavy atom. The van der Waals surface area contributed by atoms with Crippen molar-refractivity contribution in [3.63, 3.8) is 0 Å². The van der Waals surface area contributed by atoms with Crippen molar-refractivity contribution in [2.45, 2.75) is 26.2 Å². The van der Waals surface area contributed by atoms with Crippen molar-refractivity contribution in [3.05, 3.63) is 65.7 Å². The van der Waals surface area contributed by atoms with Crippen molar-refractivity contribution in [3.8, 4) is 5.75 Å². The summed E-state index contributed by atoms with van der Waals surface area (Å²) in [5, 5.41) is 0. The molecule has 4 heteroatoms. The Hall–Kier alpha value is -1.91. The number of rotatable bonds is 5. The van der Waals surface area contributed by atoms with Crippen LogP contribution in [0.2, 0.25) is 19.6 Å². The van der Waals surface area contributed by atoms with E-state index in [1.807, 2.05) is 30.3 Å². The van der Waals surface area contributed by atoms with E-state index in [2.05, 4.69) is 19.6 Å². The van der Waals surface area contributed by atoms with Crippen molar-refractivity contribution < 1.29 is 14.0 Å². The lowest BCUT2D eigenvalue weighted by Gasteiger charge is -2.17. The fourth-order valence-corrected chi connectivity index (χ4v) is 2.29. The van der Waals surface area contributed by atoms with E-state index in [0.29, 0.717) is 17.9 Å². The predicted molar refractivity (Wildman–Crippen MR) is 86.0 cm³/mol. The fourth-order valence-electron chi connectivity index (χ4n) is 1.69. The molecule has 2 aromatic carbocycles. The van der Waals surface area contributed by atoms with Crippen LogP contribution in [0.3, 0.4) is 0 Å². The van der Waals surface area contributed by atoms with Gasteiger partial charge < -0.3 is 9.16 Å². The second-order valence-corrected chi connectivity index (χ2v) is 10.3. The molecular formula is C17H20O3Si. The SMILES string of the molecule is C[Si](C)(C)OCc1ccc(OC(=O)c2ccccc2)cc1. The number of esters is 1. The van der Waals surface area contributed by atoms with Gasteiger partial charge in [0.15, 0.2) is 8.32 Å². The molecule has 0 unspecified atom stereocenters. The van der Waals surface area contributed by atoms with Gasteiger partial charge in [-0.2, -0.15) is 0 Å². The van der Waals surface area contributed by atoms with Gasteiger partial charge >= 0.3 is 5.97 Å². The highest BCUT2D eigenvalue weighted by atomic mass is 28.4. The zero-order chi connectivity index (χ0) is 15.3. The van der Waals surface area contributed by atoms with Gasteiger partial charge in [0.1, 0.15) is 5.75 Å². The van der Waals surface area contributed by atoms with Crippen LogP contribution in [0.25, 0.3) is 0 Å². The predicted octanol–water partition coefficient (Wildman–Crippen LogP) is 4.26. The molecule has 0 aliphatic carbocycles. The quantitative estimate of drug-likeness (QED) is 0.470. The number of hydrogen-bond donors (Lipinski definition) is 0. The maximum Gasteiger partial charge on any atom is 0.343 e. The molecule has 110 valence electrons. The molecule has 0 radical (unpaired) electrons. The minimum Gasteiger partial charge on any atom is -0.423 e. The summed E-state index contributed by atoms with van der Waals surface area (Å²) < 4.78 is 11.2. The molecule has 2 rings (SSSR count). The van der Waals surface area contributed by atoms with Gasteiger partial charge in [-0.15, -0.1) is 0 Å². The van der Waals surface area contributed by atoms with Crippen LogP contribution >= 0.6 is 0 Å². The number of carbonyl (C=O) groups is 1. The van der Waals surface area contributed by atoms with Gasteiger partial charge in [0.05, 0.1) is 12.2 Å². The zero-order valence-corrected chi connectivity index (χ0v) is 13.6. The highest BCUT2D eigenvalue weighted by Gasteiger charge is 2.14. The lowest BCUT2D eigenvalue weighted by molar-refractivity contribution is 0.0734. The third-order valence-corrected chi connectivity index (χ3v) is 3.83. The van der Waals surface area contributed by atoms with Gasteiger partial charge in [-0.1, -0.05) is 30.3 Å². The number of carbonyl (C=O) groups excluding carboxylic acids is 1. The Morgan fingerprint density at radius 2 is 1.57 bits per heavy atom. The maximum absolute atomic E-state index is 11.9. The molecule has 0 aliphatic heterocycles. The molecule has 0 saturated carbocycles. The van der Waals surface area contributed by atoms with Crippen molar-refractivity contribution in [2.75, 3.05) is 0 Å². The summed E-state index contributed by atoms with van der Waals surface area (Å²) in [6, 6.07) is 16.4. The van der Waals surface area contributed by atoms with E-state index < -0.39 is 8.32 Å². The zero-order valence-electron chi connectivity index (χ0n) is 12.6. The molecule has 0 aromatic heterocycles. The van der Waals surface area contributed by atoms with Crippen LogP contribution in [0, 0.1) is 0 Å². The second-order valence-electron chi connectivity index (χ2n) is 5.80. The third-order valence-electron chi connectivity index (χ3n) is 2.82. The summed E-state index contributed by atoms with van der Waals surface area (Å²) >= 11 is 0. The van der Waals surface area contributed by atoms with Crippen LogP contribution in [0.4, 0.5) is 0 Å². The lowest BCUT2D eigenvalue weighted by atomic mass is 10.2. The Labute approximate surface area is 126 Å². The molecule has 0 aliphatic rings. The van der Waals surface area contributed by atoms with Crippen LogP contribution in [-0.4, -0.2) is 14.3 Å². The molecule has 0 amide bonds. The number of benzene rings is 2. The largest absolute Gasteiger partial charge is 0.423 e. The highest BCUT2D eigenvalue weighted by Crippen LogP contribution is 2.16. The first-order chi connectivity index (χ1) is 9.94. The van der Waals surface area contributed by atoms with Gasteiger partial charge in [-0.3, -0.25) is 0 Å². The summed E-state index contributed by atoms with van der Waals surface area (Å²) in [5.41, 5.74) is 1.63. The Morgan fingerprint density at radius 1 is 0.952 bits per heavy atom. The first-order valence-electron chi connectivity index (χ1n) is 6.94. The van der Waals surface area contributed by atoms with E-state index in [1.165, 1.54) is 0 Å². The second kappa shape index (κ2) is 6.69. The van der Waals surface area contributed by atoms with Crippen molar-refractivity contribution >= 4 is 14.3 Å². The average molecular weight is 300 g/mol. The summed E-state index contributed by atoms with van der Waals surface area (Å²) in [7, 11) is -1.51. The van der Waals surface area contributed by atoms with E-state index in [0.717, 1.165) is 5.56 Å². The van der Waals surface area contributed by atoms with Gasteiger partial charge in [0, 0.05) is 0 Å². The summed E-state index contributed by atoms with van der Waals surface area (Å²) in [5.74, 6) is 0.197. The molecular weight excluding hydrogens is 280 g/mol. The Kier molecular flexibility index (Phi) is 4.93. The molecule has 0 heterocycles. The van der Waals surface area contributed by atoms with Gasteiger partial charge in [-0.25, -0.2) is 4.79 Å². The fraction of sp³-hybridized carbons (Fsp3) is 0.235. The molecule has 3 nitrogen and oxygen atoms in total. The van der Waals surface area contributed by atoms with Crippen molar-refractivity contribution in [1.82, 2.24) is 0 Å². The normalized spacial score (nSPS) is 11.2. The smallest absolute Gasteiger partial charge is 0.343 e. The molecule has 2 aromatic rings. The molecule has 0 bridgehead atoms. The van der Waals surface area contributed by atoms with Crippen LogP contribution in [0.1, 0.15) is 15.9 Å². The van der Waals surface area contributed by atoms with Gasteiger partial charge in [0.25, 0.3) is 0 Å². The van der Waals surface area contributed by atoms with Crippen LogP contribution in [0.5, 0.6) is 5.75 Å². The average Bonchev–Trinajstić information content (AvgIpc) is 2.46. The third kappa shape index (κ3) is 5.17. The van der Waals surface area contributed by atoms with Crippen molar-refractivity contribution in [2.24, 2.45) is 0 Å². The maximum atomic E-state index is 11.9. The van der Waals surface area contributed by atoms with Gasteiger partial charge in [0.2, 0.25) is 0 Å². The van der Waals surface area contributed by atoms with Crippen molar-refractivity contribution in [1.29, 1.82) is 0 Å². The highest BCUT2D eigenvalue weighted by molar-refractivity contribution is 6.69. The molecule has 0 saturated heterocycles. The Balaban J connectivity index is 1.95. The number of ether oxygens (including phenoxy) is 1. The Bertz CT molecular complexity index is 586. The van der Waals surface area contributed by atoms with E-state index in [-0.39, 0.29) is 5.97 Å². The van der Waals surface area contributed by atoms with E-state index in [4.69, 9.17) is 9.16 Å². The minimum atomic E-state index is -1.51. The lowest BCUT2D eigenvalue weighted by Crippen LogP contribution is -2.24. The number of hydrogen-bond acceptors (Lipinski definition) is 3. The van der Waals surface area contributed by atoms with E-state index >= 15 is 0 Å².